The van der Waals surface area contributed by atoms with E-state index in [4.69, 9.17) is 9.47 Å². The van der Waals surface area contributed by atoms with Crippen molar-refractivity contribution in [3.63, 3.8) is 0 Å². The Morgan fingerprint density at radius 3 is 2.68 bits per heavy atom. The van der Waals surface area contributed by atoms with E-state index in [9.17, 15) is 4.79 Å². The van der Waals surface area contributed by atoms with Crippen LogP contribution in [0, 0.1) is 10.5 Å². The van der Waals surface area contributed by atoms with E-state index in [1.165, 1.54) is 0 Å². The number of halogens is 1. The molecule has 0 spiro atoms. The van der Waals surface area contributed by atoms with Crippen molar-refractivity contribution in [2.45, 2.75) is 26.9 Å². The van der Waals surface area contributed by atoms with Gasteiger partial charge in [-0.05, 0) is 79.3 Å². The van der Waals surface area contributed by atoms with Crippen molar-refractivity contribution in [3.05, 3.63) is 68.4 Å². The largest absolute Gasteiger partial charge is 0.490 e. The minimum absolute atomic E-state index is 0.0453. The van der Waals surface area contributed by atoms with Gasteiger partial charge in [0, 0.05) is 14.7 Å². The SMILES string of the molecule is Cc1cc(C2=N/C(=C\c3ccccc3OC(C)C)C(=O)O2)ccc1I. The molecule has 0 aliphatic carbocycles. The molecule has 1 heterocycles. The normalized spacial score (nSPS) is 15.5. The Bertz CT molecular complexity index is 884. The summed E-state index contributed by atoms with van der Waals surface area (Å²) in [5.74, 6) is 0.593. The van der Waals surface area contributed by atoms with E-state index in [-0.39, 0.29) is 11.8 Å². The summed E-state index contributed by atoms with van der Waals surface area (Å²) in [5, 5.41) is 0. The van der Waals surface area contributed by atoms with Crippen molar-refractivity contribution in [3.8, 4) is 5.75 Å². The lowest BCUT2D eigenvalue weighted by molar-refractivity contribution is -0.129. The van der Waals surface area contributed by atoms with Crippen LogP contribution < -0.4 is 4.74 Å². The maximum absolute atomic E-state index is 12.2. The number of para-hydroxylation sites is 1. The van der Waals surface area contributed by atoms with Crippen molar-refractivity contribution in [1.82, 2.24) is 0 Å². The van der Waals surface area contributed by atoms with Crippen LogP contribution >= 0.6 is 22.6 Å². The molecule has 0 radical (unpaired) electrons. The Morgan fingerprint density at radius 2 is 1.96 bits per heavy atom. The maximum atomic E-state index is 12.2. The number of aryl methyl sites for hydroxylation is 1. The molecule has 1 aliphatic rings. The highest BCUT2D eigenvalue weighted by atomic mass is 127. The zero-order valence-corrected chi connectivity index (χ0v) is 16.4. The third-order valence-electron chi connectivity index (χ3n) is 3.60. The van der Waals surface area contributed by atoms with Gasteiger partial charge in [-0.3, -0.25) is 0 Å². The molecule has 3 rings (SSSR count). The monoisotopic (exact) mass is 447 g/mol. The molecule has 0 saturated carbocycles. The molecule has 2 aromatic carbocycles. The number of esters is 1. The van der Waals surface area contributed by atoms with Crippen LogP contribution in [0.25, 0.3) is 6.08 Å². The lowest BCUT2D eigenvalue weighted by Gasteiger charge is -2.12. The molecule has 0 unspecified atom stereocenters. The van der Waals surface area contributed by atoms with Gasteiger partial charge in [-0.1, -0.05) is 18.2 Å². The molecule has 0 amide bonds. The zero-order valence-electron chi connectivity index (χ0n) is 14.2. The maximum Gasteiger partial charge on any atom is 0.363 e. The Hall–Kier alpha value is -2.15. The number of carbonyl (C=O) groups is 1. The predicted octanol–water partition coefficient (Wildman–Crippen LogP) is 4.73. The van der Waals surface area contributed by atoms with Crippen molar-refractivity contribution >= 4 is 40.5 Å². The second kappa shape index (κ2) is 7.39. The molecule has 25 heavy (non-hydrogen) atoms. The average molecular weight is 447 g/mol. The van der Waals surface area contributed by atoms with Gasteiger partial charge in [0.05, 0.1) is 6.10 Å². The standard InChI is InChI=1S/C20H18INO3/c1-12(2)24-18-7-5-4-6-14(18)11-17-20(23)25-19(22-17)15-8-9-16(21)13(3)10-15/h4-12H,1-3H3/b17-11-. The third kappa shape index (κ3) is 4.10. The molecule has 0 saturated heterocycles. The molecule has 5 heteroatoms. The molecule has 0 bridgehead atoms. The molecular weight excluding hydrogens is 429 g/mol. The molecular formula is C20H18INO3. The zero-order chi connectivity index (χ0) is 18.0. The number of benzene rings is 2. The number of aliphatic imine (C=N–C) groups is 1. The molecule has 128 valence electrons. The van der Waals surface area contributed by atoms with Gasteiger partial charge < -0.3 is 9.47 Å². The number of rotatable bonds is 4. The summed E-state index contributed by atoms with van der Waals surface area (Å²) in [6.07, 6.45) is 1.75. The second-order valence-corrected chi connectivity index (χ2v) is 7.17. The predicted molar refractivity (Wildman–Crippen MR) is 107 cm³/mol. The fraction of sp³-hybridized carbons (Fsp3) is 0.200. The second-order valence-electron chi connectivity index (χ2n) is 6.00. The highest BCUT2D eigenvalue weighted by Crippen LogP contribution is 2.26. The first-order valence-electron chi connectivity index (χ1n) is 7.99. The Labute approximate surface area is 160 Å². The van der Waals surface area contributed by atoms with Gasteiger partial charge >= 0.3 is 5.97 Å². The number of cyclic esters (lactones) is 1. The summed E-state index contributed by atoms with van der Waals surface area (Å²) in [7, 11) is 0. The first-order valence-corrected chi connectivity index (χ1v) is 9.06. The molecule has 0 fully saturated rings. The number of carbonyl (C=O) groups excluding carboxylic acids is 1. The molecule has 0 N–H and O–H groups in total. The summed E-state index contributed by atoms with van der Waals surface area (Å²) < 4.78 is 12.3. The molecule has 1 aliphatic heterocycles. The van der Waals surface area contributed by atoms with Gasteiger partial charge in [0.15, 0.2) is 5.70 Å². The lowest BCUT2D eigenvalue weighted by Crippen LogP contribution is -2.07. The van der Waals surface area contributed by atoms with Gasteiger partial charge in [0.25, 0.3) is 0 Å². The first-order chi connectivity index (χ1) is 11.9. The number of ether oxygens (including phenoxy) is 2. The smallest absolute Gasteiger partial charge is 0.363 e. The molecule has 2 aromatic rings. The fourth-order valence-electron chi connectivity index (χ4n) is 2.42. The minimum atomic E-state index is -0.453. The van der Waals surface area contributed by atoms with Crippen LogP contribution in [0.1, 0.15) is 30.5 Å². The lowest BCUT2D eigenvalue weighted by atomic mass is 10.1. The molecule has 0 atom stereocenters. The Balaban J connectivity index is 1.95. The van der Waals surface area contributed by atoms with Crippen LogP contribution in [0.2, 0.25) is 0 Å². The fourth-order valence-corrected chi connectivity index (χ4v) is 2.75. The highest BCUT2D eigenvalue weighted by Gasteiger charge is 2.24. The number of nitrogens with zero attached hydrogens (tertiary/aromatic N) is 1. The minimum Gasteiger partial charge on any atom is -0.490 e. The van der Waals surface area contributed by atoms with Crippen molar-refractivity contribution in [1.29, 1.82) is 0 Å². The Morgan fingerprint density at radius 1 is 1.20 bits per heavy atom. The number of hydrogen-bond donors (Lipinski definition) is 0. The highest BCUT2D eigenvalue weighted by molar-refractivity contribution is 14.1. The summed E-state index contributed by atoms with van der Waals surface area (Å²) in [5.41, 5.74) is 2.98. The summed E-state index contributed by atoms with van der Waals surface area (Å²) in [6.45, 7) is 5.94. The van der Waals surface area contributed by atoms with Crippen molar-refractivity contribution < 1.29 is 14.3 Å². The molecule has 4 nitrogen and oxygen atoms in total. The van der Waals surface area contributed by atoms with Crippen LogP contribution in [-0.4, -0.2) is 18.0 Å². The van der Waals surface area contributed by atoms with Crippen LogP contribution in [0.3, 0.4) is 0 Å². The number of hydrogen-bond acceptors (Lipinski definition) is 4. The third-order valence-corrected chi connectivity index (χ3v) is 4.81. The van der Waals surface area contributed by atoms with E-state index in [2.05, 4.69) is 27.6 Å². The van der Waals surface area contributed by atoms with Crippen LogP contribution in [0.5, 0.6) is 5.75 Å². The van der Waals surface area contributed by atoms with Crippen molar-refractivity contribution in [2.24, 2.45) is 4.99 Å². The van der Waals surface area contributed by atoms with Gasteiger partial charge in [0.2, 0.25) is 5.90 Å². The van der Waals surface area contributed by atoms with Crippen LogP contribution in [0.15, 0.2) is 53.2 Å². The van der Waals surface area contributed by atoms with Gasteiger partial charge in [-0.25, -0.2) is 9.79 Å². The van der Waals surface area contributed by atoms with E-state index in [1.54, 1.807) is 6.08 Å². The summed E-state index contributed by atoms with van der Waals surface area (Å²) in [4.78, 5) is 16.6. The van der Waals surface area contributed by atoms with Crippen molar-refractivity contribution in [2.75, 3.05) is 0 Å². The van der Waals surface area contributed by atoms with Crippen LogP contribution in [0.4, 0.5) is 0 Å². The summed E-state index contributed by atoms with van der Waals surface area (Å²) in [6, 6.07) is 13.4. The van der Waals surface area contributed by atoms with E-state index in [0.29, 0.717) is 11.6 Å². The van der Waals surface area contributed by atoms with Gasteiger partial charge in [0.1, 0.15) is 5.75 Å². The van der Waals surface area contributed by atoms with Crippen LogP contribution in [-0.2, 0) is 9.53 Å². The van der Waals surface area contributed by atoms with E-state index in [1.807, 2.05) is 63.2 Å². The topological polar surface area (TPSA) is 47.9 Å². The molecule has 0 aromatic heterocycles. The Kier molecular flexibility index (Phi) is 5.22. The first kappa shape index (κ1) is 17.7. The van der Waals surface area contributed by atoms with Gasteiger partial charge in [-0.2, -0.15) is 0 Å². The van der Waals surface area contributed by atoms with Gasteiger partial charge in [-0.15, -0.1) is 0 Å². The van der Waals surface area contributed by atoms with E-state index < -0.39 is 5.97 Å². The van der Waals surface area contributed by atoms with E-state index in [0.717, 1.165) is 20.3 Å². The summed E-state index contributed by atoms with van der Waals surface area (Å²) >= 11 is 2.27. The average Bonchev–Trinajstić information content (AvgIpc) is 2.92. The van der Waals surface area contributed by atoms with E-state index >= 15 is 0 Å². The quantitative estimate of drug-likeness (QED) is 0.387.